The summed E-state index contributed by atoms with van der Waals surface area (Å²) in [5.74, 6) is -2.03. The molecule has 0 aromatic carbocycles. The van der Waals surface area contributed by atoms with E-state index in [0.29, 0.717) is 24.0 Å². The van der Waals surface area contributed by atoms with Gasteiger partial charge in [-0.05, 0) is 36.8 Å². The molecule has 14 heavy (non-hydrogen) atoms. The molecule has 0 heterocycles. The number of carbonyl (C=O) groups is 2. The number of allylic oxidation sites excluding steroid dienone is 2. The Bertz CT molecular complexity index is 280. The van der Waals surface area contributed by atoms with Gasteiger partial charge in [0, 0.05) is 12.2 Å². The van der Waals surface area contributed by atoms with E-state index in [1.165, 1.54) is 0 Å². The Balaban J connectivity index is 2.89. The van der Waals surface area contributed by atoms with Gasteiger partial charge in [-0.25, -0.2) is 9.59 Å². The molecule has 1 aliphatic rings. The summed E-state index contributed by atoms with van der Waals surface area (Å²) in [6.07, 6.45) is 5.38. The normalized spacial score (nSPS) is 22.6. The van der Waals surface area contributed by atoms with Crippen LogP contribution in [0.4, 0.5) is 0 Å². The zero-order valence-corrected chi connectivity index (χ0v) is 7.69. The molecule has 1 fully saturated rings. The van der Waals surface area contributed by atoms with Crippen LogP contribution in [0.2, 0.25) is 0 Å². The van der Waals surface area contributed by atoms with E-state index in [1.807, 2.05) is 0 Å². The van der Waals surface area contributed by atoms with Crippen LogP contribution in [0, 0.1) is 0 Å². The number of rotatable bonds is 2. The van der Waals surface area contributed by atoms with Crippen molar-refractivity contribution in [2.24, 2.45) is 0 Å². The van der Waals surface area contributed by atoms with Crippen LogP contribution in [0.25, 0.3) is 0 Å². The Morgan fingerprint density at radius 3 is 1.57 bits per heavy atom. The first-order valence-corrected chi connectivity index (χ1v) is 4.47. The summed E-state index contributed by atoms with van der Waals surface area (Å²) in [5.41, 5.74) is 1.29. The fourth-order valence-corrected chi connectivity index (χ4v) is 1.58. The van der Waals surface area contributed by atoms with Crippen molar-refractivity contribution >= 4 is 11.9 Å². The summed E-state index contributed by atoms with van der Waals surface area (Å²) in [6, 6.07) is 0. The van der Waals surface area contributed by atoms with E-state index in [-0.39, 0.29) is 0 Å². The molecule has 76 valence electrons. The highest BCUT2D eigenvalue weighted by Crippen LogP contribution is 2.28. The van der Waals surface area contributed by atoms with Crippen molar-refractivity contribution < 1.29 is 19.8 Å². The van der Waals surface area contributed by atoms with E-state index in [2.05, 4.69) is 0 Å². The summed E-state index contributed by atoms with van der Waals surface area (Å²) >= 11 is 0. The highest BCUT2D eigenvalue weighted by molar-refractivity contribution is 5.85. The maximum Gasteiger partial charge on any atom is 0.328 e. The van der Waals surface area contributed by atoms with Gasteiger partial charge >= 0.3 is 11.9 Å². The predicted molar refractivity (Wildman–Crippen MR) is 49.9 cm³/mol. The molecule has 1 rings (SSSR count). The first-order valence-electron chi connectivity index (χ1n) is 4.47. The number of hydrogen-bond donors (Lipinski definition) is 2. The van der Waals surface area contributed by atoms with Crippen LogP contribution in [0.15, 0.2) is 23.3 Å². The van der Waals surface area contributed by atoms with E-state index >= 15 is 0 Å². The Kier molecular flexibility index (Phi) is 3.45. The molecular formula is C10H12O4. The van der Waals surface area contributed by atoms with Crippen molar-refractivity contribution in [3.8, 4) is 0 Å². The largest absolute Gasteiger partial charge is 0.478 e. The second-order valence-electron chi connectivity index (χ2n) is 3.22. The van der Waals surface area contributed by atoms with Crippen LogP contribution in [0.3, 0.4) is 0 Å². The van der Waals surface area contributed by atoms with Gasteiger partial charge in [-0.2, -0.15) is 0 Å². The van der Waals surface area contributed by atoms with Gasteiger partial charge in [-0.3, -0.25) is 0 Å². The lowest BCUT2D eigenvalue weighted by atomic mass is 9.89. The third-order valence-electron chi connectivity index (χ3n) is 2.15. The third-order valence-corrected chi connectivity index (χ3v) is 2.15. The molecule has 0 unspecified atom stereocenters. The van der Waals surface area contributed by atoms with E-state index in [9.17, 15) is 9.59 Å². The summed E-state index contributed by atoms with van der Waals surface area (Å²) in [4.78, 5) is 20.9. The second-order valence-corrected chi connectivity index (χ2v) is 3.22. The zero-order valence-electron chi connectivity index (χ0n) is 7.69. The number of carboxylic acids is 2. The van der Waals surface area contributed by atoms with Crippen molar-refractivity contribution in [2.75, 3.05) is 0 Å². The quantitative estimate of drug-likeness (QED) is 0.657. The van der Waals surface area contributed by atoms with Crippen LogP contribution < -0.4 is 0 Å². The first kappa shape index (κ1) is 10.5. The lowest BCUT2D eigenvalue weighted by Crippen LogP contribution is -2.04. The summed E-state index contributed by atoms with van der Waals surface area (Å²) < 4.78 is 0. The van der Waals surface area contributed by atoms with E-state index in [4.69, 9.17) is 10.2 Å². The van der Waals surface area contributed by atoms with Crippen molar-refractivity contribution in [3.05, 3.63) is 23.3 Å². The van der Waals surface area contributed by atoms with E-state index in [1.54, 1.807) is 0 Å². The monoisotopic (exact) mass is 196 g/mol. The molecule has 2 N–H and O–H groups in total. The second kappa shape index (κ2) is 4.60. The maximum atomic E-state index is 10.4. The van der Waals surface area contributed by atoms with Gasteiger partial charge in [-0.1, -0.05) is 0 Å². The number of aliphatic carboxylic acids is 2. The molecule has 4 nitrogen and oxygen atoms in total. The van der Waals surface area contributed by atoms with Crippen LogP contribution >= 0.6 is 0 Å². The fraction of sp³-hybridized carbons (Fsp3) is 0.400. The molecule has 4 heteroatoms. The summed E-state index contributed by atoms with van der Waals surface area (Å²) in [6.45, 7) is 0. The van der Waals surface area contributed by atoms with Crippen molar-refractivity contribution in [1.29, 1.82) is 0 Å². The molecule has 1 saturated carbocycles. The summed E-state index contributed by atoms with van der Waals surface area (Å²) in [5, 5.41) is 17.1. The molecule has 0 aromatic rings. The lowest BCUT2D eigenvalue weighted by molar-refractivity contribution is -0.132. The van der Waals surface area contributed by atoms with Crippen molar-refractivity contribution in [2.45, 2.75) is 25.7 Å². The minimum Gasteiger partial charge on any atom is -0.478 e. The van der Waals surface area contributed by atoms with Crippen LogP contribution in [0.1, 0.15) is 25.7 Å². The standard InChI is InChI=1S/C10H12O4/c11-9(12)5-7-3-1-2-4-8(7)6-10(13)14/h5-6H,1-4H2,(H,11,12)(H,13,14)/b7-5-,8-6-. The topological polar surface area (TPSA) is 74.6 Å². The van der Waals surface area contributed by atoms with Crippen LogP contribution in [0.5, 0.6) is 0 Å². The molecule has 0 amide bonds. The molecule has 0 aromatic heterocycles. The lowest BCUT2D eigenvalue weighted by Gasteiger charge is -2.16. The van der Waals surface area contributed by atoms with E-state index in [0.717, 1.165) is 25.0 Å². The Labute approximate surface area is 81.6 Å². The Hall–Kier alpha value is -1.58. The molecule has 0 bridgehead atoms. The molecule has 0 saturated heterocycles. The van der Waals surface area contributed by atoms with Gasteiger partial charge in [0.25, 0.3) is 0 Å². The molecule has 0 atom stereocenters. The highest BCUT2D eigenvalue weighted by Gasteiger charge is 2.13. The maximum absolute atomic E-state index is 10.4. The smallest absolute Gasteiger partial charge is 0.328 e. The third kappa shape index (κ3) is 3.05. The summed E-state index contributed by atoms with van der Waals surface area (Å²) in [7, 11) is 0. The Morgan fingerprint density at radius 1 is 0.929 bits per heavy atom. The minimum absolute atomic E-state index is 0.645. The zero-order chi connectivity index (χ0) is 10.6. The van der Waals surface area contributed by atoms with Crippen molar-refractivity contribution in [3.63, 3.8) is 0 Å². The minimum atomic E-state index is -1.02. The fourth-order valence-electron chi connectivity index (χ4n) is 1.58. The molecule has 0 radical (unpaired) electrons. The molecular weight excluding hydrogens is 184 g/mol. The van der Waals surface area contributed by atoms with Gasteiger partial charge in [-0.15, -0.1) is 0 Å². The highest BCUT2D eigenvalue weighted by atomic mass is 16.4. The first-order chi connectivity index (χ1) is 6.59. The predicted octanol–water partition coefficient (Wildman–Crippen LogP) is 1.58. The molecule has 0 spiro atoms. The van der Waals surface area contributed by atoms with Gasteiger partial charge < -0.3 is 10.2 Å². The van der Waals surface area contributed by atoms with Crippen LogP contribution in [-0.2, 0) is 9.59 Å². The molecule has 1 aliphatic carbocycles. The Morgan fingerprint density at radius 2 is 1.29 bits per heavy atom. The van der Waals surface area contributed by atoms with Crippen LogP contribution in [-0.4, -0.2) is 22.2 Å². The van der Waals surface area contributed by atoms with Gasteiger partial charge in [0.1, 0.15) is 0 Å². The molecule has 0 aliphatic heterocycles. The van der Waals surface area contributed by atoms with Crippen molar-refractivity contribution in [1.82, 2.24) is 0 Å². The van der Waals surface area contributed by atoms with E-state index < -0.39 is 11.9 Å². The average molecular weight is 196 g/mol. The average Bonchev–Trinajstić information content (AvgIpc) is 2.06. The van der Waals surface area contributed by atoms with Gasteiger partial charge in [0.15, 0.2) is 0 Å². The number of carboxylic acid groups (broad SMARTS) is 2. The van der Waals surface area contributed by atoms with Gasteiger partial charge in [0.2, 0.25) is 0 Å². The number of hydrogen-bond acceptors (Lipinski definition) is 2. The SMILES string of the molecule is O=C(O)/C=C1/CCCC/C1=C/C(=O)O. The van der Waals surface area contributed by atoms with Gasteiger partial charge in [0.05, 0.1) is 0 Å².